The van der Waals surface area contributed by atoms with Gasteiger partial charge in [-0.3, -0.25) is 9.78 Å². The van der Waals surface area contributed by atoms with E-state index in [4.69, 9.17) is 4.74 Å². The number of alkyl halides is 1. The number of hydrogen-bond acceptors (Lipinski definition) is 5. The third-order valence-electron chi connectivity index (χ3n) is 7.15. The summed E-state index contributed by atoms with van der Waals surface area (Å²) in [5.74, 6) is 1.23. The lowest BCUT2D eigenvalue weighted by molar-refractivity contribution is -0.139. The van der Waals surface area contributed by atoms with Gasteiger partial charge in [-0.25, -0.2) is 4.39 Å². The minimum absolute atomic E-state index is 0.0551. The summed E-state index contributed by atoms with van der Waals surface area (Å²) < 4.78 is 20.8. The molecule has 4 rings (SSSR count). The number of thioether (sulfide) groups is 1. The molecule has 0 unspecified atom stereocenters. The summed E-state index contributed by atoms with van der Waals surface area (Å²) in [6.07, 6.45) is 3.72. The Morgan fingerprint density at radius 3 is 2.83 bits per heavy atom. The zero-order valence-corrected chi connectivity index (χ0v) is 21.6. The van der Waals surface area contributed by atoms with Crippen molar-refractivity contribution in [2.45, 2.75) is 43.2 Å². The minimum Gasteiger partial charge on any atom is -0.497 e. The van der Waals surface area contributed by atoms with Crippen LogP contribution in [0, 0.1) is 11.8 Å². The number of halogens is 1. The number of carboxylic acids is 1. The Hall–Kier alpha value is -2.64. The highest BCUT2D eigenvalue weighted by Crippen LogP contribution is 2.36. The molecule has 1 aromatic heterocycles. The summed E-state index contributed by atoms with van der Waals surface area (Å²) in [5, 5.41) is 10.3. The highest BCUT2D eigenvalue weighted by atomic mass is 32.2. The molecular weight excluding hydrogens is 475 g/mol. The molecule has 192 valence electrons. The Kier molecular flexibility index (Phi) is 9.59. The van der Waals surface area contributed by atoms with Crippen LogP contribution in [-0.4, -0.2) is 53.5 Å². The molecule has 2 aromatic carbocycles. The van der Waals surface area contributed by atoms with E-state index >= 15 is 4.39 Å². The van der Waals surface area contributed by atoms with Gasteiger partial charge in [0.05, 0.1) is 12.6 Å². The van der Waals surface area contributed by atoms with E-state index in [-0.39, 0.29) is 18.3 Å². The van der Waals surface area contributed by atoms with Crippen LogP contribution in [0.5, 0.6) is 5.75 Å². The molecule has 3 atom stereocenters. The van der Waals surface area contributed by atoms with Crippen LogP contribution in [0.3, 0.4) is 0 Å². The van der Waals surface area contributed by atoms with E-state index < -0.39 is 12.1 Å². The van der Waals surface area contributed by atoms with Gasteiger partial charge in [0.2, 0.25) is 0 Å². The quantitative estimate of drug-likeness (QED) is 0.218. The predicted octanol–water partition coefficient (Wildman–Crippen LogP) is 6.63. The lowest BCUT2D eigenvalue weighted by atomic mass is 9.79. The van der Waals surface area contributed by atoms with Crippen molar-refractivity contribution in [2.75, 3.05) is 32.5 Å². The molecule has 5 nitrogen and oxygen atoms in total. The maximum Gasteiger partial charge on any atom is 0.303 e. The first-order valence-electron chi connectivity index (χ1n) is 12.7. The second kappa shape index (κ2) is 13.1. The molecule has 0 bridgehead atoms. The SMILES string of the molecule is COc1ccc2nccc([C@H](F)CC[C@@H]3CCN(CCCSc4ccccc4)C[C@@H]3CC(=O)O)c2c1. The van der Waals surface area contributed by atoms with E-state index in [0.29, 0.717) is 24.2 Å². The number of likely N-dealkylation sites (tertiary alicyclic amines) is 1. The summed E-state index contributed by atoms with van der Waals surface area (Å²) in [5.41, 5.74) is 1.38. The highest BCUT2D eigenvalue weighted by Gasteiger charge is 2.31. The molecule has 0 aliphatic carbocycles. The Labute approximate surface area is 217 Å². The first-order valence-corrected chi connectivity index (χ1v) is 13.7. The zero-order chi connectivity index (χ0) is 25.3. The standard InChI is InChI=1S/C29H35FN2O3S/c1-35-23-9-11-28-26(19-23)25(12-14-31-28)27(30)10-8-21-13-16-32(20-22(21)18-29(33)34)15-5-17-36-24-6-3-2-4-7-24/h2-4,6-7,9,11-12,14,19,21-22,27H,5,8,10,13,15-18,20H2,1H3,(H,33,34)/t21-,22+,27-/m1/s1. The minimum atomic E-state index is -1.12. The number of aliphatic carboxylic acids is 1. The van der Waals surface area contributed by atoms with Gasteiger partial charge in [0.15, 0.2) is 0 Å². The Morgan fingerprint density at radius 1 is 1.22 bits per heavy atom. The van der Waals surface area contributed by atoms with Crippen molar-refractivity contribution in [3.8, 4) is 5.75 Å². The van der Waals surface area contributed by atoms with E-state index in [1.165, 1.54) is 4.90 Å². The second-order valence-corrected chi connectivity index (χ2v) is 10.7. The molecule has 36 heavy (non-hydrogen) atoms. The maximum absolute atomic E-state index is 15.5. The van der Waals surface area contributed by atoms with Crippen LogP contribution in [-0.2, 0) is 4.79 Å². The molecule has 1 aliphatic heterocycles. The van der Waals surface area contributed by atoms with Crippen LogP contribution in [0.4, 0.5) is 4.39 Å². The molecule has 1 saturated heterocycles. The number of ether oxygens (including phenoxy) is 1. The summed E-state index contributed by atoms with van der Waals surface area (Å²) in [7, 11) is 1.60. The van der Waals surface area contributed by atoms with E-state index in [1.807, 2.05) is 36.0 Å². The number of rotatable bonds is 12. The summed E-state index contributed by atoms with van der Waals surface area (Å²) in [4.78, 5) is 19.6. The van der Waals surface area contributed by atoms with Crippen LogP contribution in [0.2, 0.25) is 0 Å². The molecule has 3 aromatic rings. The van der Waals surface area contributed by atoms with Crippen LogP contribution in [0.15, 0.2) is 65.7 Å². The molecule has 1 aliphatic rings. The molecule has 0 saturated carbocycles. The van der Waals surface area contributed by atoms with Crippen molar-refractivity contribution < 1.29 is 19.0 Å². The Bertz CT molecular complexity index is 1130. The van der Waals surface area contributed by atoms with Gasteiger partial charge in [0.1, 0.15) is 11.9 Å². The first-order chi connectivity index (χ1) is 17.5. The van der Waals surface area contributed by atoms with Crippen LogP contribution in [0.1, 0.15) is 43.8 Å². The molecule has 1 N–H and O–H groups in total. The van der Waals surface area contributed by atoms with Gasteiger partial charge in [-0.2, -0.15) is 0 Å². The molecule has 0 amide bonds. The van der Waals surface area contributed by atoms with Crippen LogP contribution < -0.4 is 4.74 Å². The van der Waals surface area contributed by atoms with Gasteiger partial charge in [0.25, 0.3) is 0 Å². The highest BCUT2D eigenvalue weighted by molar-refractivity contribution is 7.99. The Balaban J connectivity index is 1.31. The van der Waals surface area contributed by atoms with E-state index in [0.717, 1.165) is 49.1 Å². The van der Waals surface area contributed by atoms with Crippen molar-refractivity contribution in [2.24, 2.45) is 11.8 Å². The lowest BCUT2D eigenvalue weighted by Gasteiger charge is -2.38. The number of benzene rings is 2. The van der Waals surface area contributed by atoms with Gasteiger partial charge in [-0.15, -0.1) is 11.8 Å². The Morgan fingerprint density at radius 2 is 2.06 bits per heavy atom. The predicted molar refractivity (Wildman–Crippen MR) is 143 cm³/mol. The zero-order valence-electron chi connectivity index (χ0n) is 20.8. The largest absolute Gasteiger partial charge is 0.497 e. The van der Waals surface area contributed by atoms with Crippen molar-refractivity contribution in [3.05, 3.63) is 66.4 Å². The van der Waals surface area contributed by atoms with E-state index in [2.05, 4.69) is 34.1 Å². The maximum atomic E-state index is 15.5. The normalized spacial score (nSPS) is 19.3. The number of carboxylic acid groups (broad SMARTS) is 1. The molecule has 1 fully saturated rings. The lowest BCUT2D eigenvalue weighted by Crippen LogP contribution is -2.42. The van der Waals surface area contributed by atoms with Gasteiger partial charge < -0.3 is 14.7 Å². The summed E-state index contributed by atoms with van der Waals surface area (Å²) in [6, 6.07) is 17.7. The number of hydrogen-bond donors (Lipinski definition) is 1. The van der Waals surface area contributed by atoms with Gasteiger partial charge in [-0.1, -0.05) is 18.2 Å². The number of fused-ring (bicyclic) bond motifs is 1. The number of nitrogens with zero attached hydrogens (tertiary/aromatic N) is 2. The van der Waals surface area contributed by atoms with Gasteiger partial charge in [-0.05, 0) is 98.3 Å². The molecular formula is C29H35FN2O3S. The second-order valence-electron chi connectivity index (χ2n) is 9.55. The van der Waals surface area contributed by atoms with Crippen molar-refractivity contribution in [3.63, 3.8) is 0 Å². The van der Waals surface area contributed by atoms with Crippen molar-refractivity contribution in [1.29, 1.82) is 0 Å². The monoisotopic (exact) mass is 510 g/mol. The van der Waals surface area contributed by atoms with Gasteiger partial charge >= 0.3 is 5.97 Å². The summed E-state index contributed by atoms with van der Waals surface area (Å²) in [6.45, 7) is 2.70. The third kappa shape index (κ3) is 7.20. The van der Waals surface area contributed by atoms with E-state index in [9.17, 15) is 9.90 Å². The van der Waals surface area contributed by atoms with Crippen LogP contribution in [0.25, 0.3) is 10.9 Å². The van der Waals surface area contributed by atoms with Crippen molar-refractivity contribution >= 4 is 28.6 Å². The fourth-order valence-corrected chi connectivity index (χ4v) is 6.11. The fourth-order valence-electron chi connectivity index (χ4n) is 5.25. The number of piperidine rings is 1. The molecule has 7 heteroatoms. The van der Waals surface area contributed by atoms with E-state index in [1.54, 1.807) is 19.4 Å². The molecule has 0 radical (unpaired) electrons. The average molecular weight is 511 g/mol. The fraction of sp³-hybridized carbons (Fsp3) is 0.448. The number of aromatic nitrogens is 1. The number of pyridine rings is 1. The third-order valence-corrected chi connectivity index (χ3v) is 8.25. The van der Waals surface area contributed by atoms with Crippen LogP contribution >= 0.6 is 11.8 Å². The van der Waals surface area contributed by atoms with Gasteiger partial charge in [0, 0.05) is 29.4 Å². The average Bonchev–Trinajstić information content (AvgIpc) is 2.90. The molecule has 0 spiro atoms. The number of carbonyl (C=O) groups is 1. The topological polar surface area (TPSA) is 62.7 Å². The molecule has 2 heterocycles. The first kappa shape index (κ1) is 26.4. The van der Waals surface area contributed by atoms with Crippen molar-refractivity contribution in [1.82, 2.24) is 9.88 Å². The smallest absolute Gasteiger partial charge is 0.303 e. The number of methoxy groups -OCH3 is 1. The summed E-state index contributed by atoms with van der Waals surface area (Å²) >= 11 is 1.86.